The predicted octanol–water partition coefficient (Wildman–Crippen LogP) is 3.46. The Kier molecular flexibility index (Phi) is 7.08. The Balaban J connectivity index is 1.78. The van der Waals surface area contributed by atoms with Crippen molar-refractivity contribution < 1.29 is 13.9 Å². The van der Waals surface area contributed by atoms with Crippen molar-refractivity contribution >= 4 is 5.91 Å². The number of amides is 1. The molecule has 0 saturated carbocycles. The number of carbonyl (C=O) groups is 1. The molecule has 0 aliphatic carbocycles. The van der Waals surface area contributed by atoms with Crippen LogP contribution in [0.3, 0.4) is 0 Å². The van der Waals surface area contributed by atoms with E-state index in [1.54, 1.807) is 25.3 Å². The Bertz CT molecular complexity index is 1020. The lowest BCUT2D eigenvalue weighted by molar-refractivity contribution is 0.0933. The molecule has 7 nitrogen and oxygen atoms in total. The minimum Gasteiger partial charge on any atom is -0.497 e. The molecule has 0 bridgehead atoms. The van der Waals surface area contributed by atoms with Crippen LogP contribution in [0.4, 0.5) is 0 Å². The third kappa shape index (κ3) is 4.80. The largest absolute Gasteiger partial charge is 0.497 e. The molecule has 3 aromatic rings. The molecule has 30 heavy (non-hydrogen) atoms. The Morgan fingerprint density at radius 3 is 2.60 bits per heavy atom. The van der Waals surface area contributed by atoms with Crippen molar-refractivity contribution in [1.29, 1.82) is 0 Å². The number of rotatable bonds is 9. The standard InChI is InChI=1S/C23H27N3O4/c1-4-26(5-2)20(16-8-6-9-17(14-16)29-3)15-24-22(27)18-11-12-19(25-23(18)28)21-10-7-13-30-21/h6-14,20H,4-5,15H2,1-3H3,(H,24,27)(H,25,28). The predicted molar refractivity (Wildman–Crippen MR) is 116 cm³/mol. The minimum atomic E-state index is -0.456. The van der Waals surface area contributed by atoms with E-state index in [-0.39, 0.29) is 11.6 Å². The van der Waals surface area contributed by atoms with Crippen molar-refractivity contribution in [2.24, 2.45) is 0 Å². The second-order valence-electron chi connectivity index (χ2n) is 6.82. The fourth-order valence-corrected chi connectivity index (χ4v) is 3.48. The summed E-state index contributed by atoms with van der Waals surface area (Å²) in [5.41, 5.74) is 1.18. The molecule has 1 atom stereocenters. The average Bonchev–Trinajstić information content (AvgIpc) is 3.31. The number of benzene rings is 1. The van der Waals surface area contributed by atoms with E-state index in [0.29, 0.717) is 18.0 Å². The Labute approximate surface area is 175 Å². The third-order valence-corrected chi connectivity index (χ3v) is 5.13. The van der Waals surface area contributed by atoms with Gasteiger partial charge in [0.15, 0.2) is 0 Å². The highest BCUT2D eigenvalue weighted by Gasteiger charge is 2.21. The quantitative estimate of drug-likeness (QED) is 0.565. The van der Waals surface area contributed by atoms with Gasteiger partial charge in [-0.05, 0) is 55.1 Å². The summed E-state index contributed by atoms with van der Waals surface area (Å²) >= 11 is 0. The van der Waals surface area contributed by atoms with E-state index in [4.69, 9.17) is 9.15 Å². The van der Waals surface area contributed by atoms with E-state index in [1.165, 1.54) is 12.3 Å². The summed E-state index contributed by atoms with van der Waals surface area (Å²) in [5.74, 6) is 0.891. The molecule has 0 saturated heterocycles. The molecule has 2 N–H and O–H groups in total. The molecular formula is C23H27N3O4. The highest BCUT2D eigenvalue weighted by Crippen LogP contribution is 2.24. The Morgan fingerprint density at radius 1 is 1.17 bits per heavy atom. The number of H-pyrrole nitrogens is 1. The van der Waals surface area contributed by atoms with Crippen LogP contribution in [0.5, 0.6) is 5.75 Å². The van der Waals surface area contributed by atoms with Gasteiger partial charge in [0.05, 0.1) is 25.1 Å². The molecule has 0 radical (unpaired) electrons. The second-order valence-corrected chi connectivity index (χ2v) is 6.82. The van der Waals surface area contributed by atoms with Crippen molar-refractivity contribution in [3.63, 3.8) is 0 Å². The number of nitrogens with zero attached hydrogens (tertiary/aromatic N) is 1. The van der Waals surface area contributed by atoms with Crippen LogP contribution < -0.4 is 15.6 Å². The maximum atomic E-state index is 12.7. The number of hydrogen-bond acceptors (Lipinski definition) is 5. The number of furan rings is 1. The second kappa shape index (κ2) is 9.93. The van der Waals surface area contributed by atoms with Crippen molar-refractivity contribution in [3.05, 3.63) is 76.3 Å². The normalized spacial score (nSPS) is 12.0. The van der Waals surface area contributed by atoms with E-state index < -0.39 is 11.5 Å². The van der Waals surface area contributed by atoms with Crippen molar-refractivity contribution in [2.45, 2.75) is 19.9 Å². The number of hydrogen-bond donors (Lipinski definition) is 2. The van der Waals surface area contributed by atoms with Crippen molar-refractivity contribution in [2.75, 3.05) is 26.7 Å². The van der Waals surface area contributed by atoms with Crippen LogP contribution in [0, 0.1) is 0 Å². The number of aromatic nitrogens is 1. The zero-order valence-corrected chi connectivity index (χ0v) is 17.5. The summed E-state index contributed by atoms with van der Waals surface area (Å²) < 4.78 is 10.6. The fourth-order valence-electron chi connectivity index (χ4n) is 3.48. The Hall–Kier alpha value is -3.32. The number of aromatic amines is 1. The van der Waals surface area contributed by atoms with E-state index in [2.05, 4.69) is 29.0 Å². The monoisotopic (exact) mass is 409 g/mol. The molecule has 0 aliphatic rings. The zero-order chi connectivity index (χ0) is 21.5. The number of nitrogens with one attached hydrogen (secondary N) is 2. The number of methoxy groups -OCH3 is 1. The van der Waals surface area contributed by atoms with Crippen LogP contribution in [0.25, 0.3) is 11.5 Å². The van der Waals surface area contributed by atoms with Crippen molar-refractivity contribution in [3.8, 4) is 17.2 Å². The summed E-state index contributed by atoms with van der Waals surface area (Å²) in [6.07, 6.45) is 1.53. The van der Waals surface area contributed by atoms with Crippen LogP contribution in [-0.4, -0.2) is 42.5 Å². The average molecular weight is 409 g/mol. The lowest BCUT2D eigenvalue weighted by Crippen LogP contribution is -2.39. The van der Waals surface area contributed by atoms with E-state index in [0.717, 1.165) is 24.4 Å². The summed E-state index contributed by atoms with van der Waals surface area (Å²) in [6.45, 7) is 6.18. The van der Waals surface area contributed by atoms with Crippen LogP contribution in [-0.2, 0) is 0 Å². The highest BCUT2D eigenvalue weighted by molar-refractivity contribution is 5.94. The van der Waals surface area contributed by atoms with Gasteiger partial charge in [-0.2, -0.15) is 0 Å². The molecule has 1 unspecified atom stereocenters. The maximum absolute atomic E-state index is 12.7. The van der Waals surface area contributed by atoms with Crippen LogP contribution >= 0.6 is 0 Å². The summed E-state index contributed by atoms with van der Waals surface area (Å²) in [5, 5.41) is 2.91. The van der Waals surface area contributed by atoms with Gasteiger partial charge >= 0.3 is 0 Å². The molecule has 7 heteroatoms. The van der Waals surface area contributed by atoms with Gasteiger partial charge in [0.2, 0.25) is 0 Å². The van der Waals surface area contributed by atoms with Gasteiger partial charge in [-0.25, -0.2) is 0 Å². The molecule has 0 fully saturated rings. The maximum Gasteiger partial charge on any atom is 0.261 e. The molecule has 0 aliphatic heterocycles. The first-order chi connectivity index (χ1) is 14.6. The van der Waals surface area contributed by atoms with Gasteiger partial charge in [0.1, 0.15) is 17.1 Å². The summed E-state index contributed by atoms with van der Waals surface area (Å²) in [4.78, 5) is 30.1. The Morgan fingerprint density at radius 2 is 1.97 bits per heavy atom. The number of ether oxygens (including phenoxy) is 1. The minimum absolute atomic E-state index is 0.0412. The first-order valence-electron chi connectivity index (χ1n) is 10.0. The molecule has 2 heterocycles. The number of pyridine rings is 1. The van der Waals surface area contributed by atoms with Crippen LogP contribution in [0.2, 0.25) is 0 Å². The topological polar surface area (TPSA) is 87.6 Å². The smallest absolute Gasteiger partial charge is 0.261 e. The van der Waals surface area contributed by atoms with E-state index >= 15 is 0 Å². The molecule has 1 aromatic carbocycles. The first-order valence-corrected chi connectivity index (χ1v) is 10.0. The molecule has 2 aromatic heterocycles. The molecule has 158 valence electrons. The van der Waals surface area contributed by atoms with Gasteiger partial charge in [-0.1, -0.05) is 26.0 Å². The van der Waals surface area contributed by atoms with Gasteiger partial charge in [0, 0.05) is 6.54 Å². The lowest BCUT2D eigenvalue weighted by Gasteiger charge is -2.30. The van der Waals surface area contributed by atoms with Gasteiger partial charge < -0.3 is 19.5 Å². The van der Waals surface area contributed by atoms with Crippen LogP contribution in [0.1, 0.15) is 35.8 Å². The number of likely N-dealkylation sites (N-methyl/N-ethyl adjacent to an activating group) is 1. The zero-order valence-electron chi connectivity index (χ0n) is 17.5. The summed E-state index contributed by atoms with van der Waals surface area (Å²) in [7, 11) is 1.63. The SMILES string of the molecule is CCN(CC)C(CNC(=O)c1ccc(-c2ccco2)[nH]c1=O)c1cccc(OC)c1. The first kappa shape index (κ1) is 21.4. The summed E-state index contributed by atoms with van der Waals surface area (Å²) in [6, 6.07) is 14.4. The third-order valence-electron chi connectivity index (χ3n) is 5.13. The number of carbonyl (C=O) groups excluding carboxylic acids is 1. The van der Waals surface area contributed by atoms with Crippen molar-refractivity contribution in [1.82, 2.24) is 15.2 Å². The van der Waals surface area contributed by atoms with Gasteiger partial charge in [0.25, 0.3) is 11.5 Å². The van der Waals surface area contributed by atoms with E-state index in [9.17, 15) is 9.59 Å². The molecule has 3 rings (SSSR count). The lowest BCUT2D eigenvalue weighted by atomic mass is 10.0. The van der Waals surface area contributed by atoms with Gasteiger partial charge in [-0.15, -0.1) is 0 Å². The molecule has 0 spiro atoms. The molecule has 1 amide bonds. The van der Waals surface area contributed by atoms with E-state index in [1.807, 2.05) is 24.3 Å². The fraction of sp³-hybridized carbons (Fsp3) is 0.304. The van der Waals surface area contributed by atoms with Crippen LogP contribution in [0.15, 0.2) is 64.0 Å². The van der Waals surface area contributed by atoms with Gasteiger partial charge in [-0.3, -0.25) is 14.5 Å². The molecular weight excluding hydrogens is 382 g/mol. The highest BCUT2D eigenvalue weighted by atomic mass is 16.5.